The molecule has 1 unspecified atom stereocenters. The van der Waals surface area contributed by atoms with Crippen molar-refractivity contribution in [2.45, 2.75) is 173 Å². The van der Waals surface area contributed by atoms with Crippen LogP contribution in [0.3, 0.4) is 0 Å². The number of cyclic esters (lactones) is 1. The van der Waals surface area contributed by atoms with Crippen molar-refractivity contribution >= 4 is 11.9 Å². The van der Waals surface area contributed by atoms with E-state index in [4.69, 9.17) is 9.47 Å². The third-order valence-electron chi connectivity index (χ3n) is 15.9. The number of ether oxygens (including phenoxy) is 2. The number of hydrogen-bond donors (Lipinski definition) is 2. The van der Waals surface area contributed by atoms with E-state index in [9.17, 15) is 19.8 Å². The summed E-state index contributed by atoms with van der Waals surface area (Å²) >= 11 is 0. The fourth-order valence-electron chi connectivity index (χ4n) is 12.9. The van der Waals surface area contributed by atoms with Crippen LogP contribution in [0.4, 0.5) is 0 Å². The van der Waals surface area contributed by atoms with Gasteiger partial charge in [0.15, 0.2) is 0 Å². The van der Waals surface area contributed by atoms with E-state index in [0.29, 0.717) is 50.4 Å². The molecule has 0 saturated heterocycles. The van der Waals surface area contributed by atoms with E-state index in [1.165, 1.54) is 18.4 Å². The van der Waals surface area contributed by atoms with Crippen molar-refractivity contribution in [1.29, 1.82) is 0 Å². The second-order valence-corrected chi connectivity index (χ2v) is 19.0. The topological polar surface area (TPSA) is 93.1 Å². The first-order valence-electron chi connectivity index (χ1n) is 21.5. The Morgan fingerprint density at radius 2 is 1.64 bits per heavy atom. The number of carbonyl (C=O) groups is 2. The maximum absolute atomic E-state index is 14.6. The Hall–Kier alpha value is -2.62. The number of aryl methyl sites for hydroxylation is 1. The molecule has 4 fully saturated rings. The van der Waals surface area contributed by atoms with Gasteiger partial charge < -0.3 is 19.7 Å². The van der Waals surface area contributed by atoms with Gasteiger partial charge in [-0.25, -0.2) is 4.79 Å². The lowest BCUT2D eigenvalue weighted by Crippen LogP contribution is -2.76. The Morgan fingerprint density at radius 1 is 0.906 bits per heavy atom. The van der Waals surface area contributed by atoms with Crippen molar-refractivity contribution in [3.05, 3.63) is 47.5 Å². The van der Waals surface area contributed by atoms with Crippen LogP contribution < -0.4 is 0 Å². The third-order valence-corrected chi connectivity index (χ3v) is 15.9. The van der Waals surface area contributed by atoms with Crippen molar-refractivity contribution < 1.29 is 29.3 Å². The summed E-state index contributed by atoms with van der Waals surface area (Å²) in [5, 5.41) is 26.8. The number of benzene rings is 1. The largest absolute Gasteiger partial charge is 0.462 e. The molecule has 2 heterocycles. The summed E-state index contributed by atoms with van der Waals surface area (Å²) in [6, 6.07) is 10.7. The summed E-state index contributed by atoms with van der Waals surface area (Å²) < 4.78 is 12.3. The standard InChI is InChI=1S/C47H66O6/c1-34(15-12-19-35-17-6-4-7-18-35)16-13-28-46-39(48)23-29-44(3,37-20-8-9-21-37)41(46)38-32-43(2,47(46,51)30-22-36-31-40(49)52-33-36)24-14-27-45(42(50)53-38)25-10-5-11-26-45/h4,6-7,17-18,31,34,37-39,41,48,51H,5,8-13,15-16,19-23,25-30,32-33H2,1-3H3/t34-,38+,39-,41?,43+,44+,46+,47-/m1/s1. The van der Waals surface area contributed by atoms with E-state index < -0.39 is 34.1 Å². The Kier molecular flexibility index (Phi) is 11.3. The normalized spacial score (nSPS) is 37.3. The van der Waals surface area contributed by atoms with Crippen LogP contribution in [0, 0.1) is 51.3 Å². The first-order valence-corrected chi connectivity index (χ1v) is 21.5. The molecular weight excluding hydrogens is 661 g/mol. The van der Waals surface area contributed by atoms with Gasteiger partial charge in [0.1, 0.15) is 12.7 Å². The highest BCUT2D eigenvalue weighted by molar-refractivity contribution is 5.85. The molecule has 1 aromatic rings. The lowest BCUT2D eigenvalue weighted by atomic mass is 9.36. The van der Waals surface area contributed by atoms with E-state index in [0.717, 1.165) is 89.0 Å². The maximum Gasteiger partial charge on any atom is 0.331 e. The predicted molar refractivity (Wildman–Crippen MR) is 207 cm³/mol. The van der Waals surface area contributed by atoms with Gasteiger partial charge in [0.25, 0.3) is 0 Å². The second-order valence-electron chi connectivity index (χ2n) is 19.0. The van der Waals surface area contributed by atoms with Gasteiger partial charge in [0, 0.05) is 30.3 Å². The monoisotopic (exact) mass is 726 g/mol. The van der Waals surface area contributed by atoms with Gasteiger partial charge in [-0.1, -0.05) is 101 Å². The van der Waals surface area contributed by atoms with Crippen molar-refractivity contribution in [3.63, 3.8) is 0 Å². The van der Waals surface area contributed by atoms with Crippen LogP contribution in [-0.2, 0) is 25.5 Å². The zero-order chi connectivity index (χ0) is 37.3. The molecule has 2 bridgehead atoms. The van der Waals surface area contributed by atoms with Crippen LogP contribution in [0.1, 0.15) is 155 Å². The highest BCUT2D eigenvalue weighted by Crippen LogP contribution is 2.72. The first-order chi connectivity index (χ1) is 25.4. The molecule has 290 valence electrons. The lowest BCUT2D eigenvalue weighted by molar-refractivity contribution is -0.314. The Bertz CT molecular complexity index is 1560. The van der Waals surface area contributed by atoms with E-state index in [-0.39, 0.29) is 29.9 Å². The van der Waals surface area contributed by atoms with Crippen LogP contribution >= 0.6 is 0 Å². The van der Waals surface area contributed by atoms with Crippen LogP contribution in [0.2, 0.25) is 0 Å². The minimum absolute atomic E-state index is 0.0901. The molecule has 0 amide bonds. The molecule has 0 radical (unpaired) electrons. The Balaban J connectivity index is 1.28. The molecule has 4 saturated carbocycles. The number of aliphatic hydroxyl groups is 2. The summed E-state index contributed by atoms with van der Waals surface area (Å²) in [7, 11) is 0. The highest BCUT2D eigenvalue weighted by Gasteiger charge is 2.75. The summed E-state index contributed by atoms with van der Waals surface area (Å²) in [6.07, 6.45) is 19.0. The smallest absolute Gasteiger partial charge is 0.331 e. The highest BCUT2D eigenvalue weighted by atomic mass is 16.5. The van der Waals surface area contributed by atoms with E-state index in [1.807, 2.05) is 0 Å². The van der Waals surface area contributed by atoms with Gasteiger partial charge >= 0.3 is 11.9 Å². The maximum atomic E-state index is 14.6. The van der Waals surface area contributed by atoms with Gasteiger partial charge in [0.2, 0.25) is 0 Å². The number of aliphatic hydroxyl groups excluding tert-OH is 1. The molecule has 2 N–H and O–H groups in total. The summed E-state index contributed by atoms with van der Waals surface area (Å²) in [6.45, 7) is 7.13. The predicted octanol–water partition coefficient (Wildman–Crippen LogP) is 9.44. The fourth-order valence-corrected chi connectivity index (χ4v) is 12.9. The quantitative estimate of drug-likeness (QED) is 0.165. The van der Waals surface area contributed by atoms with Gasteiger partial charge in [-0.3, -0.25) is 4.79 Å². The van der Waals surface area contributed by atoms with E-state index in [1.54, 1.807) is 6.08 Å². The lowest BCUT2D eigenvalue weighted by Gasteiger charge is -2.71. The molecule has 8 atom stereocenters. The summed E-state index contributed by atoms with van der Waals surface area (Å²) in [5.41, 5.74) is -1.78. The zero-order valence-corrected chi connectivity index (χ0v) is 32.9. The van der Waals surface area contributed by atoms with Crippen LogP contribution in [-0.4, -0.2) is 46.6 Å². The number of esters is 2. The van der Waals surface area contributed by atoms with Crippen molar-refractivity contribution in [2.24, 2.45) is 39.4 Å². The minimum Gasteiger partial charge on any atom is -0.462 e. The average Bonchev–Trinajstić information content (AvgIpc) is 3.85. The number of rotatable bonds is 12. The molecule has 1 aromatic carbocycles. The van der Waals surface area contributed by atoms with Crippen LogP contribution in [0.5, 0.6) is 0 Å². The zero-order valence-electron chi connectivity index (χ0n) is 32.9. The SMILES string of the molecule is C[C@H](CCCc1ccccc1)CCC[C@]12C([C@@H]3C[C@](C)(C#CCC4(CCCCC4)C(=O)O3)[C@]1(O)CCC1=CC(=O)OC1)[C@](C)(C1CCCC1)CC[C@H]2O. The number of hydrogen-bond acceptors (Lipinski definition) is 6. The molecule has 1 spiro atoms. The molecule has 53 heavy (non-hydrogen) atoms. The molecular formula is C47H66O6. The van der Waals surface area contributed by atoms with Gasteiger partial charge in [-0.05, 0) is 106 Å². The van der Waals surface area contributed by atoms with Crippen LogP contribution in [0.15, 0.2) is 42.0 Å². The van der Waals surface area contributed by atoms with Crippen LogP contribution in [0.25, 0.3) is 0 Å². The number of carbonyl (C=O) groups excluding carboxylic acids is 2. The summed E-state index contributed by atoms with van der Waals surface area (Å²) in [4.78, 5) is 26.8. The number of fused-ring (bicyclic) bond motifs is 4. The summed E-state index contributed by atoms with van der Waals surface area (Å²) in [5.74, 6) is 7.57. The van der Waals surface area contributed by atoms with Crippen molar-refractivity contribution in [3.8, 4) is 11.8 Å². The molecule has 6 nitrogen and oxygen atoms in total. The van der Waals surface area contributed by atoms with E-state index >= 15 is 0 Å². The van der Waals surface area contributed by atoms with Gasteiger partial charge in [-0.2, -0.15) is 0 Å². The molecule has 6 aliphatic rings. The van der Waals surface area contributed by atoms with E-state index in [2.05, 4.69) is 62.9 Å². The fraction of sp³-hybridized carbons (Fsp3) is 0.745. The molecule has 0 aromatic heterocycles. The van der Waals surface area contributed by atoms with Crippen molar-refractivity contribution in [2.75, 3.05) is 6.61 Å². The van der Waals surface area contributed by atoms with Gasteiger partial charge in [0.05, 0.1) is 22.5 Å². The van der Waals surface area contributed by atoms with Crippen molar-refractivity contribution in [1.82, 2.24) is 0 Å². The molecule has 2 aliphatic heterocycles. The Labute approximate surface area is 319 Å². The Morgan fingerprint density at radius 3 is 2.36 bits per heavy atom. The molecule has 7 rings (SSSR count). The first kappa shape index (κ1) is 38.6. The average molecular weight is 727 g/mol. The third kappa shape index (κ3) is 7.05. The molecule has 4 aliphatic carbocycles. The van der Waals surface area contributed by atoms with Gasteiger partial charge in [-0.15, -0.1) is 5.92 Å². The minimum atomic E-state index is -1.38. The molecule has 6 heteroatoms. The second kappa shape index (κ2) is 15.5.